The summed E-state index contributed by atoms with van der Waals surface area (Å²) < 4.78 is 4.77. The van der Waals surface area contributed by atoms with Gasteiger partial charge in [0.2, 0.25) is 0 Å². The van der Waals surface area contributed by atoms with Gasteiger partial charge in [0.1, 0.15) is 5.00 Å². The molecule has 0 saturated carbocycles. The van der Waals surface area contributed by atoms with E-state index in [0.717, 1.165) is 18.5 Å². The molecule has 0 atom stereocenters. The van der Waals surface area contributed by atoms with Gasteiger partial charge in [-0.25, -0.2) is 4.79 Å². The van der Waals surface area contributed by atoms with Crippen LogP contribution >= 0.6 is 11.3 Å². The average molecular weight is 268 g/mol. The lowest BCUT2D eigenvalue weighted by Gasteiger charge is -2.13. The molecule has 2 rings (SSSR count). The SMILES string of the molecule is COC(=O)c1c(N)sc(CCN2CCCC2)c1C. The summed E-state index contributed by atoms with van der Waals surface area (Å²) in [5.41, 5.74) is 7.45. The van der Waals surface area contributed by atoms with Crippen molar-refractivity contribution in [2.45, 2.75) is 26.2 Å². The third-order valence-electron chi connectivity index (χ3n) is 3.52. The van der Waals surface area contributed by atoms with Gasteiger partial charge in [0.15, 0.2) is 0 Å². The summed E-state index contributed by atoms with van der Waals surface area (Å²) in [5.74, 6) is -0.325. The quantitative estimate of drug-likeness (QED) is 0.849. The van der Waals surface area contributed by atoms with Crippen molar-refractivity contribution in [1.29, 1.82) is 0 Å². The summed E-state index contributed by atoms with van der Waals surface area (Å²) in [4.78, 5) is 15.3. The van der Waals surface area contributed by atoms with Crippen LogP contribution in [0.1, 0.15) is 33.6 Å². The van der Waals surface area contributed by atoms with Crippen LogP contribution in [-0.2, 0) is 11.2 Å². The molecule has 0 bridgehead atoms. The first-order valence-corrected chi connectivity index (χ1v) is 7.13. The molecule has 1 fully saturated rings. The molecule has 0 radical (unpaired) electrons. The first-order chi connectivity index (χ1) is 8.63. The largest absolute Gasteiger partial charge is 0.465 e. The summed E-state index contributed by atoms with van der Waals surface area (Å²) in [6.45, 7) is 5.41. The summed E-state index contributed by atoms with van der Waals surface area (Å²) in [6, 6.07) is 0. The van der Waals surface area contributed by atoms with E-state index in [4.69, 9.17) is 10.5 Å². The summed E-state index contributed by atoms with van der Waals surface area (Å²) in [5, 5.41) is 0.579. The molecule has 4 nitrogen and oxygen atoms in total. The van der Waals surface area contributed by atoms with Crippen LogP contribution in [0.25, 0.3) is 0 Å². The van der Waals surface area contributed by atoms with Crippen LogP contribution < -0.4 is 5.73 Å². The van der Waals surface area contributed by atoms with Crippen LogP contribution in [0.3, 0.4) is 0 Å². The number of esters is 1. The fourth-order valence-electron chi connectivity index (χ4n) is 2.44. The average Bonchev–Trinajstić information content (AvgIpc) is 2.95. The molecule has 0 unspecified atom stereocenters. The molecule has 1 aromatic heterocycles. The molecule has 2 heterocycles. The Balaban J connectivity index is 2.06. The fourth-order valence-corrected chi connectivity index (χ4v) is 3.50. The minimum atomic E-state index is -0.325. The Hall–Kier alpha value is -1.07. The maximum atomic E-state index is 11.6. The zero-order valence-corrected chi connectivity index (χ0v) is 11.8. The Bertz CT molecular complexity index is 436. The van der Waals surface area contributed by atoms with Crippen LogP contribution in [0.15, 0.2) is 0 Å². The van der Waals surface area contributed by atoms with Gasteiger partial charge in [-0.15, -0.1) is 11.3 Å². The molecule has 18 heavy (non-hydrogen) atoms. The van der Waals surface area contributed by atoms with Gasteiger partial charge in [0, 0.05) is 11.4 Å². The van der Waals surface area contributed by atoms with E-state index >= 15 is 0 Å². The van der Waals surface area contributed by atoms with E-state index < -0.39 is 0 Å². The standard InChI is InChI=1S/C13H20N2O2S/c1-9-10(5-8-15-6-3-4-7-15)18-12(14)11(9)13(16)17-2/h3-8,14H2,1-2H3. The number of thiophene rings is 1. The second kappa shape index (κ2) is 5.71. The number of rotatable bonds is 4. The van der Waals surface area contributed by atoms with Crippen LogP contribution in [0.5, 0.6) is 0 Å². The maximum absolute atomic E-state index is 11.6. The van der Waals surface area contributed by atoms with Crippen molar-refractivity contribution < 1.29 is 9.53 Å². The van der Waals surface area contributed by atoms with Crippen molar-refractivity contribution in [3.8, 4) is 0 Å². The van der Waals surface area contributed by atoms with Gasteiger partial charge in [-0.2, -0.15) is 0 Å². The number of likely N-dealkylation sites (tertiary alicyclic amines) is 1. The number of anilines is 1. The minimum absolute atomic E-state index is 0.325. The predicted octanol–water partition coefficient (Wildman–Crippen LogP) is 2.06. The molecular formula is C13H20N2O2S. The number of ether oxygens (including phenoxy) is 1. The maximum Gasteiger partial charge on any atom is 0.341 e. The number of nitrogen functional groups attached to an aromatic ring is 1. The Morgan fingerprint density at radius 1 is 1.44 bits per heavy atom. The Labute approximate surface area is 112 Å². The normalized spacial score (nSPS) is 16.1. The topological polar surface area (TPSA) is 55.6 Å². The van der Waals surface area contributed by atoms with E-state index in [-0.39, 0.29) is 5.97 Å². The van der Waals surface area contributed by atoms with Crippen LogP contribution in [0, 0.1) is 6.92 Å². The highest BCUT2D eigenvalue weighted by atomic mass is 32.1. The van der Waals surface area contributed by atoms with Gasteiger partial charge in [-0.3, -0.25) is 0 Å². The lowest BCUT2D eigenvalue weighted by Crippen LogP contribution is -2.21. The van der Waals surface area contributed by atoms with Gasteiger partial charge in [0.05, 0.1) is 12.7 Å². The molecule has 100 valence electrons. The molecule has 1 saturated heterocycles. The molecule has 0 aliphatic carbocycles. The predicted molar refractivity (Wildman–Crippen MR) is 74.2 cm³/mol. The van der Waals surface area contributed by atoms with E-state index in [2.05, 4.69) is 4.90 Å². The van der Waals surface area contributed by atoms with Crippen molar-refractivity contribution in [3.63, 3.8) is 0 Å². The highest BCUT2D eigenvalue weighted by Crippen LogP contribution is 2.31. The second-order valence-corrected chi connectivity index (χ2v) is 5.82. The number of carbonyl (C=O) groups excluding carboxylic acids is 1. The van der Waals surface area contributed by atoms with Crippen molar-refractivity contribution in [1.82, 2.24) is 4.90 Å². The van der Waals surface area contributed by atoms with Crippen molar-refractivity contribution in [3.05, 3.63) is 16.0 Å². The van der Waals surface area contributed by atoms with Gasteiger partial charge in [-0.1, -0.05) is 0 Å². The Kier molecular flexibility index (Phi) is 4.24. The molecule has 0 amide bonds. The van der Waals surface area contributed by atoms with E-state index in [1.807, 2.05) is 6.92 Å². The fraction of sp³-hybridized carbons (Fsp3) is 0.615. The van der Waals surface area contributed by atoms with Crippen molar-refractivity contribution in [2.24, 2.45) is 0 Å². The number of carbonyl (C=O) groups is 1. The Morgan fingerprint density at radius 2 is 2.11 bits per heavy atom. The minimum Gasteiger partial charge on any atom is -0.465 e. The smallest absolute Gasteiger partial charge is 0.341 e. The third-order valence-corrected chi connectivity index (χ3v) is 4.70. The highest BCUT2D eigenvalue weighted by molar-refractivity contribution is 7.16. The van der Waals surface area contributed by atoms with E-state index in [0.29, 0.717) is 10.6 Å². The molecule has 0 spiro atoms. The van der Waals surface area contributed by atoms with Crippen LogP contribution in [0.2, 0.25) is 0 Å². The van der Waals surface area contributed by atoms with E-state index in [1.54, 1.807) is 0 Å². The van der Waals surface area contributed by atoms with E-state index in [1.165, 1.54) is 49.3 Å². The van der Waals surface area contributed by atoms with Crippen LogP contribution in [0.4, 0.5) is 5.00 Å². The molecule has 2 N–H and O–H groups in total. The molecule has 1 aliphatic rings. The van der Waals surface area contributed by atoms with Gasteiger partial charge < -0.3 is 15.4 Å². The molecule has 1 aliphatic heterocycles. The van der Waals surface area contributed by atoms with Gasteiger partial charge >= 0.3 is 5.97 Å². The Morgan fingerprint density at radius 3 is 2.72 bits per heavy atom. The molecule has 0 aromatic carbocycles. The second-order valence-electron chi connectivity index (χ2n) is 4.68. The van der Waals surface area contributed by atoms with Crippen LogP contribution in [-0.4, -0.2) is 37.6 Å². The number of hydrogen-bond donors (Lipinski definition) is 1. The lowest BCUT2D eigenvalue weighted by molar-refractivity contribution is 0.0601. The number of hydrogen-bond acceptors (Lipinski definition) is 5. The molecule has 5 heteroatoms. The monoisotopic (exact) mass is 268 g/mol. The summed E-state index contributed by atoms with van der Waals surface area (Å²) in [6.07, 6.45) is 3.58. The number of nitrogens with zero attached hydrogens (tertiary/aromatic N) is 1. The molecular weight excluding hydrogens is 248 g/mol. The summed E-state index contributed by atoms with van der Waals surface area (Å²) >= 11 is 1.52. The zero-order chi connectivity index (χ0) is 13.1. The molecule has 1 aromatic rings. The zero-order valence-electron chi connectivity index (χ0n) is 11.0. The first-order valence-electron chi connectivity index (χ1n) is 6.32. The third kappa shape index (κ3) is 2.67. The van der Waals surface area contributed by atoms with Crippen molar-refractivity contribution in [2.75, 3.05) is 32.5 Å². The first kappa shape index (κ1) is 13.4. The van der Waals surface area contributed by atoms with Crippen molar-refractivity contribution >= 4 is 22.3 Å². The van der Waals surface area contributed by atoms with Gasteiger partial charge in [0.25, 0.3) is 0 Å². The van der Waals surface area contributed by atoms with E-state index in [9.17, 15) is 4.79 Å². The summed E-state index contributed by atoms with van der Waals surface area (Å²) in [7, 11) is 1.39. The number of nitrogens with two attached hydrogens (primary N) is 1. The van der Waals surface area contributed by atoms with Gasteiger partial charge in [-0.05, 0) is 44.8 Å². The lowest BCUT2D eigenvalue weighted by atomic mass is 10.1. The number of methoxy groups -OCH3 is 1. The highest BCUT2D eigenvalue weighted by Gasteiger charge is 2.20.